The Hall–Kier alpha value is -3.35. The number of H-pyrrole nitrogens is 1. The van der Waals surface area contributed by atoms with E-state index in [1.807, 2.05) is 52.0 Å². The van der Waals surface area contributed by atoms with Crippen LogP contribution in [0.1, 0.15) is 59.7 Å². The van der Waals surface area contributed by atoms with Gasteiger partial charge in [0.2, 0.25) is 17.7 Å². The maximum absolute atomic E-state index is 13.2. The molecular weight excluding hydrogens is 440 g/mol. The van der Waals surface area contributed by atoms with E-state index in [9.17, 15) is 14.4 Å². The van der Waals surface area contributed by atoms with E-state index < -0.39 is 12.1 Å². The maximum atomic E-state index is 13.2. The number of rotatable bonds is 10. The molecule has 0 aliphatic carbocycles. The van der Waals surface area contributed by atoms with Crippen LogP contribution in [-0.4, -0.2) is 46.7 Å². The van der Waals surface area contributed by atoms with Crippen LogP contribution in [-0.2, 0) is 20.8 Å². The van der Waals surface area contributed by atoms with Crippen molar-refractivity contribution >= 4 is 34.7 Å². The van der Waals surface area contributed by atoms with Gasteiger partial charge in [0, 0.05) is 48.8 Å². The number of fused-ring (bicyclic) bond motifs is 1. The number of nitrogens with one attached hydrogen (secondary N) is 3. The summed E-state index contributed by atoms with van der Waals surface area (Å²) in [6.07, 6.45) is 6.47. The molecule has 7 nitrogen and oxygen atoms in total. The Morgan fingerprint density at radius 1 is 1.03 bits per heavy atom. The smallest absolute Gasteiger partial charge is 0.246 e. The first-order valence-electron chi connectivity index (χ1n) is 12.2. The highest BCUT2D eigenvalue weighted by molar-refractivity contribution is 5.93. The third kappa shape index (κ3) is 7.31. The Kier molecular flexibility index (Phi) is 9.87. The maximum Gasteiger partial charge on any atom is 0.246 e. The van der Waals surface area contributed by atoms with Crippen molar-refractivity contribution in [2.45, 2.75) is 67.0 Å². The van der Waals surface area contributed by atoms with Crippen molar-refractivity contribution in [3.05, 3.63) is 53.4 Å². The van der Waals surface area contributed by atoms with E-state index in [1.54, 1.807) is 13.2 Å². The second-order valence-corrected chi connectivity index (χ2v) is 9.95. The molecule has 0 radical (unpaired) electrons. The molecule has 2 atom stereocenters. The molecule has 0 unspecified atom stereocenters. The second-order valence-electron chi connectivity index (χ2n) is 9.95. The van der Waals surface area contributed by atoms with Crippen LogP contribution in [0.5, 0.6) is 0 Å². The fourth-order valence-corrected chi connectivity index (χ4v) is 4.18. The van der Waals surface area contributed by atoms with E-state index >= 15 is 0 Å². The highest BCUT2D eigenvalue weighted by Gasteiger charge is 2.34. The second kappa shape index (κ2) is 12.4. The molecule has 0 saturated heterocycles. The molecule has 7 heteroatoms. The Bertz CT molecular complexity index is 1110. The summed E-state index contributed by atoms with van der Waals surface area (Å²) in [7, 11) is 1.62. The topological polar surface area (TPSA) is 94.3 Å². The summed E-state index contributed by atoms with van der Waals surface area (Å²) in [5.74, 6) is -1.06. The monoisotopic (exact) mass is 480 g/mol. The van der Waals surface area contributed by atoms with Gasteiger partial charge in [0.05, 0.1) is 0 Å². The van der Waals surface area contributed by atoms with E-state index in [0.29, 0.717) is 0 Å². The lowest BCUT2D eigenvalue weighted by atomic mass is 9.98. The van der Waals surface area contributed by atoms with Gasteiger partial charge in [0.25, 0.3) is 0 Å². The van der Waals surface area contributed by atoms with Crippen molar-refractivity contribution in [3.8, 4) is 0 Å². The van der Waals surface area contributed by atoms with E-state index in [0.717, 1.165) is 28.6 Å². The molecule has 1 heterocycles. The average molecular weight is 481 g/mol. The van der Waals surface area contributed by atoms with Gasteiger partial charge in [-0.15, -0.1) is 0 Å². The molecule has 0 aliphatic heterocycles. The van der Waals surface area contributed by atoms with Crippen LogP contribution in [0, 0.1) is 11.8 Å². The lowest BCUT2D eigenvalue weighted by Gasteiger charge is -2.33. The lowest BCUT2D eigenvalue weighted by Crippen LogP contribution is -2.56. The minimum atomic E-state index is -0.689. The van der Waals surface area contributed by atoms with E-state index in [4.69, 9.17) is 0 Å². The van der Waals surface area contributed by atoms with Gasteiger partial charge < -0.3 is 20.5 Å². The molecule has 190 valence electrons. The fourth-order valence-electron chi connectivity index (χ4n) is 4.18. The van der Waals surface area contributed by atoms with E-state index in [2.05, 4.69) is 41.6 Å². The number of amides is 3. The number of hydrogen-bond acceptors (Lipinski definition) is 3. The molecular formula is C28H40N4O3. The van der Waals surface area contributed by atoms with E-state index in [-0.39, 0.29) is 29.6 Å². The third-order valence-corrected chi connectivity index (χ3v) is 5.97. The average Bonchev–Trinajstić information content (AvgIpc) is 3.12. The summed E-state index contributed by atoms with van der Waals surface area (Å²) in [6, 6.07) is 6.70. The molecule has 0 spiro atoms. The third-order valence-electron chi connectivity index (χ3n) is 5.97. The Balaban J connectivity index is 2.25. The van der Waals surface area contributed by atoms with Gasteiger partial charge >= 0.3 is 0 Å². The summed E-state index contributed by atoms with van der Waals surface area (Å²) < 4.78 is 0. The van der Waals surface area contributed by atoms with Crippen LogP contribution in [0.4, 0.5) is 0 Å². The van der Waals surface area contributed by atoms with Gasteiger partial charge in [-0.1, -0.05) is 57.5 Å². The SMILES string of the molecule is CC(=O)N[C@H](C(=O)N(C)[C@H](C(=O)N/C=C\c1c(CC=C(C)C)[nH]c2ccccc12)C(C)C)C(C)C. The molecule has 0 aliphatic rings. The predicted molar refractivity (Wildman–Crippen MR) is 142 cm³/mol. The fraction of sp³-hybridized carbons (Fsp3) is 0.464. The molecule has 0 saturated carbocycles. The van der Waals surface area contributed by atoms with Gasteiger partial charge in [0.15, 0.2) is 0 Å². The van der Waals surface area contributed by atoms with Crippen LogP contribution < -0.4 is 10.6 Å². The molecule has 0 fully saturated rings. The number of aromatic amines is 1. The van der Waals surface area contributed by atoms with Gasteiger partial charge in [-0.3, -0.25) is 14.4 Å². The van der Waals surface area contributed by atoms with Gasteiger partial charge in [-0.05, 0) is 37.8 Å². The van der Waals surface area contributed by atoms with Crippen LogP contribution in [0.25, 0.3) is 17.0 Å². The molecule has 3 amide bonds. The Morgan fingerprint density at radius 3 is 2.26 bits per heavy atom. The van der Waals surface area contributed by atoms with Gasteiger partial charge in [0.1, 0.15) is 12.1 Å². The van der Waals surface area contributed by atoms with Crippen LogP contribution in [0.15, 0.2) is 42.1 Å². The molecule has 3 N–H and O–H groups in total. The number of para-hydroxylation sites is 1. The number of carbonyl (C=O) groups excluding carboxylic acids is 3. The van der Waals surface area contributed by atoms with Gasteiger partial charge in [-0.25, -0.2) is 0 Å². The lowest BCUT2D eigenvalue weighted by molar-refractivity contribution is -0.143. The first-order valence-corrected chi connectivity index (χ1v) is 12.2. The van der Waals surface area contributed by atoms with Crippen molar-refractivity contribution in [1.82, 2.24) is 20.5 Å². The summed E-state index contributed by atoms with van der Waals surface area (Å²) in [4.78, 5) is 42.9. The van der Waals surface area contributed by atoms with Crippen molar-refractivity contribution < 1.29 is 14.4 Å². The molecule has 1 aromatic heterocycles. The van der Waals surface area contributed by atoms with Gasteiger partial charge in [-0.2, -0.15) is 0 Å². The first kappa shape index (κ1) is 27.9. The largest absolute Gasteiger partial charge is 0.358 e. The quantitative estimate of drug-likeness (QED) is 0.440. The Labute approximate surface area is 209 Å². The first-order chi connectivity index (χ1) is 16.4. The summed E-state index contributed by atoms with van der Waals surface area (Å²) in [5.41, 5.74) is 4.37. The number of nitrogens with zero attached hydrogens (tertiary/aromatic N) is 1. The number of carbonyl (C=O) groups is 3. The number of allylic oxidation sites excluding steroid dienone is 2. The number of likely N-dealkylation sites (N-methyl/N-ethyl adjacent to an activating group) is 1. The summed E-state index contributed by atoms with van der Waals surface area (Å²) >= 11 is 0. The zero-order chi connectivity index (χ0) is 26.3. The highest BCUT2D eigenvalue weighted by atomic mass is 16.2. The molecule has 2 rings (SSSR count). The minimum absolute atomic E-state index is 0.106. The van der Waals surface area contributed by atoms with Crippen molar-refractivity contribution in [1.29, 1.82) is 0 Å². The standard InChI is InChI=1S/C28H40N4O3/c1-17(2)13-14-24-22(21-11-9-10-12-23(21)31-24)15-16-29-27(34)26(19(5)6)32(8)28(35)25(18(3)4)30-20(7)33/h9-13,15-16,18-19,25-26,31H,14H2,1-8H3,(H,29,34)(H,30,33)/b16-15-/t25-,26-/m0/s1. The zero-order valence-corrected chi connectivity index (χ0v) is 22.2. The highest BCUT2D eigenvalue weighted by Crippen LogP contribution is 2.24. The molecule has 35 heavy (non-hydrogen) atoms. The van der Waals surface area contributed by atoms with E-state index in [1.165, 1.54) is 17.4 Å². The molecule has 2 aromatic rings. The van der Waals surface area contributed by atoms with Crippen LogP contribution in [0.2, 0.25) is 0 Å². The molecule has 1 aromatic carbocycles. The summed E-state index contributed by atoms with van der Waals surface area (Å²) in [6.45, 7) is 13.1. The van der Waals surface area contributed by atoms with Crippen LogP contribution >= 0.6 is 0 Å². The van der Waals surface area contributed by atoms with Crippen molar-refractivity contribution in [2.24, 2.45) is 11.8 Å². The minimum Gasteiger partial charge on any atom is -0.358 e. The Morgan fingerprint density at radius 2 is 1.69 bits per heavy atom. The number of benzene rings is 1. The number of aromatic nitrogens is 1. The van der Waals surface area contributed by atoms with Crippen LogP contribution in [0.3, 0.4) is 0 Å². The summed E-state index contributed by atoms with van der Waals surface area (Å²) in [5, 5.41) is 6.67. The zero-order valence-electron chi connectivity index (χ0n) is 22.2. The predicted octanol–water partition coefficient (Wildman–Crippen LogP) is 4.41. The molecule has 0 bridgehead atoms. The normalized spacial score (nSPS) is 13.2. The van der Waals surface area contributed by atoms with Crippen molar-refractivity contribution in [2.75, 3.05) is 7.05 Å². The van der Waals surface area contributed by atoms with Crippen molar-refractivity contribution in [3.63, 3.8) is 0 Å². The number of hydrogen-bond donors (Lipinski definition) is 3.